The maximum Gasteiger partial charge on any atom is 0.270 e. The summed E-state index contributed by atoms with van der Waals surface area (Å²) in [5, 5.41) is 3.34. The number of thioether (sulfide) groups is 1. The minimum absolute atomic E-state index is 0.172. The van der Waals surface area contributed by atoms with Gasteiger partial charge in [-0.05, 0) is 79.6 Å². The van der Waals surface area contributed by atoms with Gasteiger partial charge in [0.2, 0.25) is 0 Å². The largest absolute Gasteiger partial charge is 0.494 e. The number of thiocarbonyl (C=S) groups is 1. The molecule has 1 heterocycles. The molecule has 0 atom stereocenters. The number of nitrogens with one attached hydrogen (secondary N) is 1. The van der Waals surface area contributed by atoms with Crippen molar-refractivity contribution in [3.8, 4) is 11.5 Å². The van der Waals surface area contributed by atoms with Crippen LogP contribution in [0.4, 0.5) is 11.4 Å². The summed E-state index contributed by atoms with van der Waals surface area (Å²) in [6.45, 7) is 4.20. The van der Waals surface area contributed by atoms with Crippen molar-refractivity contribution in [1.82, 2.24) is 0 Å². The van der Waals surface area contributed by atoms with Gasteiger partial charge in [0.15, 0.2) is 10.9 Å². The zero-order valence-corrected chi connectivity index (χ0v) is 22.0. The Morgan fingerprint density at radius 2 is 1.86 bits per heavy atom. The third-order valence-electron chi connectivity index (χ3n) is 5.18. The van der Waals surface area contributed by atoms with Crippen LogP contribution in [0.15, 0.2) is 71.6 Å². The lowest BCUT2D eigenvalue weighted by molar-refractivity contribution is -0.118. The normalized spacial score (nSPS) is 14.3. The number of hydrogen-bond acceptors (Lipinski definition) is 6. The molecule has 0 spiro atoms. The molecule has 36 heavy (non-hydrogen) atoms. The van der Waals surface area contributed by atoms with Gasteiger partial charge in [0.25, 0.3) is 11.8 Å². The molecule has 6 nitrogen and oxygen atoms in total. The standard InChI is InChI=1S/C27H23ClN2O4S2/c1-3-33-21-11-9-20(10-12-21)30-26(32)24(36-27(30)35)14-18-5-4-6-22(13-18)34-16-25(31)29-19-8-7-17(2)23(28)15-19/h4-15H,3,16H2,1-2H3,(H,29,31)/b24-14-. The molecule has 1 aliphatic rings. The zero-order chi connectivity index (χ0) is 25.7. The minimum Gasteiger partial charge on any atom is -0.494 e. The Morgan fingerprint density at radius 1 is 1.08 bits per heavy atom. The fourth-order valence-corrected chi connectivity index (χ4v) is 4.89. The Balaban J connectivity index is 1.40. The van der Waals surface area contributed by atoms with Crippen LogP contribution in [0.3, 0.4) is 0 Å². The number of rotatable bonds is 8. The number of benzene rings is 3. The topological polar surface area (TPSA) is 67.9 Å². The molecule has 4 rings (SSSR count). The van der Waals surface area contributed by atoms with Crippen molar-refractivity contribution in [2.24, 2.45) is 0 Å². The van der Waals surface area contributed by atoms with Gasteiger partial charge >= 0.3 is 0 Å². The zero-order valence-electron chi connectivity index (χ0n) is 19.6. The summed E-state index contributed by atoms with van der Waals surface area (Å²) in [7, 11) is 0. The molecular formula is C27H23ClN2O4S2. The second kappa shape index (κ2) is 11.6. The van der Waals surface area contributed by atoms with Crippen molar-refractivity contribution in [3.63, 3.8) is 0 Å². The first kappa shape index (κ1) is 25.8. The van der Waals surface area contributed by atoms with Gasteiger partial charge in [-0.15, -0.1) is 0 Å². The van der Waals surface area contributed by atoms with E-state index in [1.165, 1.54) is 16.7 Å². The van der Waals surface area contributed by atoms with Gasteiger partial charge in [-0.1, -0.05) is 53.8 Å². The average Bonchev–Trinajstić information content (AvgIpc) is 3.13. The number of amides is 2. The molecule has 3 aromatic carbocycles. The molecule has 2 amide bonds. The van der Waals surface area contributed by atoms with E-state index in [0.717, 1.165) is 16.9 Å². The molecule has 0 aromatic heterocycles. The second-order valence-corrected chi connectivity index (χ2v) is 9.90. The molecule has 1 saturated heterocycles. The molecule has 1 N–H and O–H groups in total. The summed E-state index contributed by atoms with van der Waals surface area (Å²) in [6.07, 6.45) is 1.76. The third kappa shape index (κ3) is 6.26. The predicted octanol–water partition coefficient (Wildman–Crippen LogP) is 6.47. The lowest BCUT2D eigenvalue weighted by Crippen LogP contribution is -2.27. The van der Waals surface area contributed by atoms with E-state index >= 15 is 0 Å². The highest BCUT2D eigenvalue weighted by atomic mass is 35.5. The lowest BCUT2D eigenvalue weighted by Gasteiger charge is -2.15. The summed E-state index contributed by atoms with van der Waals surface area (Å²) in [4.78, 5) is 27.4. The van der Waals surface area contributed by atoms with E-state index in [2.05, 4.69) is 5.32 Å². The Hall–Kier alpha value is -3.33. The summed E-state index contributed by atoms with van der Waals surface area (Å²) < 4.78 is 11.6. The number of carbonyl (C=O) groups is 2. The molecule has 0 unspecified atom stereocenters. The summed E-state index contributed by atoms with van der Waals surface area (Å²) in [6, 6.07) is 19.7. The van der Waals surface area contributed by atoms with Gasteiger partial charge in [-0.25, -0.2) is 0 Å². The SMILES string of the molecule is CCOc1ccc(N2C(=O)/C(=C/c3cccc(OCC(=O)Nc4ccc(C)c(Cl)c4)c3)SC2=S)cc1. The van der Waals surface area contributed by atoms with Crippen molar-refractivity contribution in [2.45, 2.75) is 13.8 Å². The van der Waals surface area contributed by atoms with E-state index in [0.29, 0.717) is 38.0 Å². The van der Waals surface area contributed by atoms with E-state index in [1.807, 2.05) is 50.2 Å². The van der Waals surface area contributed by atoms with E-state index < -0.39 is 0 Å². The second-order valence-electron chi connectivity index (χ2n) is 7.82. The summed E-state index contributed by atoms with van der Waals surface area (Å²) >= 11 is 12.8. The van der Waals surface area contributed by atoms with Crippen LogP contribution in [-0.2, 0) is 9.59 Å². The van der Waals surface area contributed by atoms with Gasteiger partial charge in [0.1, 0.15) is 11.5 Å². The van der Waals surface area contributed by atoms with Crippen molar-refractivity contribution in [1.29, 1.82) is 0 Å². The average molecular weight is 539 g/mol. The number of halogens is 1. The lowest BCUT2D eigenvalue weighted by atomic mass is 10.2. The molecule has 1 aliphatic heterocycles. The Morgan fingerprint density at radius 3 is 2.58 bits per heavy atom. The number of anilines is 2. The molecule has 184 valence electrons. The van der Waals surface area contributed by atoms with Crippen molar-refractivity contribution >= 4 is 69.2 Å². The first-order valence-corrected chi connectivity index (χ1v) is 12.7. The summed E-state index contributed by atoms with van der Waals surface area (Å²) in [5.41, 5.74) is 2.97. The van der Waals surface area contributed by atoms with Crippen molar-refractivity contribution in [3.05, 3.63) is 87.8 Å². The maximum atomic E-state index is 13.1. The monoisotopic (exact) mass is 538 g/mol. The van der Waals surface area contributed by atoms with Crippen LogP contribution in [0.5, 0.6) is 11.5 Å². The number of carbonyl (C=O) groups excluding carboxylic acids is 2. The molecule has 0 saturated carbocycles. The first-order valence-electron chi connectivity index (χ1n) is 11.1. The fraction of sp³-hybridized carbons (Fsp3) is 0.148. The van der Waals surface area contributed by atoms with E-state index in [1.54, 1.807) is 36.4 Å². The minimum atomic E-state index is -0.309. The number of hydrogen-bond donors (Lipinski definition) is 1. The number of ether oxygens (including phenoxy) is 2. The van der Waals surface area contributed by atoms with Crippen LogP contribution in [0, 0.1) is 6.92 Å². The highest BCUT2D eigenvalue weighted by Gasteiger charge is 2.33. The van der Waals surface area contributed by atoms with Gasteiger partial charge in [0.05, 0.1) is 17.2 Å². The van der Waals surface area contributed by atoms with Crippen LogP contribution in [0.2, 0.25) is 5.02 Å². The quantitative estimate of drug-likeness (QED) is 0.262. The molecule has 1 fully saturated rings. The highest BCUT2D eigenvalue weighted by molar-refractivity contribution is 8.27. The van der Waals surface area contributed by atoms with Gasteiger partial charge in [-0.2, -0.15) is 0 Å². The Bertz CT molecular complexity index is 1340. The highest BCUT2D eigenvalue weighted by Crippen LogP contribution is 2.36. The van der Waals surface area contributed by atoms with Crippen LogP contribution in [0.25, 0.3) is 6.08 Å². The van der Waals surface area contributed by atoms with Gasteiger partial charge in [0, 0.05) is 10.7 Å². The van der Waals surface area contributed by atoms with E-state index in [9.17, 15) is 9.59 Å². The van der Waals surface area contributed by atoms with Crippen LogP contribution >= 0.6 is 35.6 Å². The fourth-order valence-electron chi connectivity index (χ4n) is 3.41. The third-order valence-corrected chi connectivity index (χ3v) is 6.89. The van der Waals surface area contributed by atoms with Gasteiger partial charge in [-0.3, -0.25) is 14.5 Å². The number of nitrogens with zero attached hydrogens (tertiary/aromatic N) is 1. The van der Waals surface area contributed by atoms with Gasteiger partial charge < -0.3 is 14.8 Å². The summed E-state index contributed by atoms with van der Waals surface area (Å²) in [5.74, 6) is 0.728. The molecule has 0 bridgehead atoms. The van der Waals surface area contributed by atoms with Crippen molar-refractivity contribution in [2.75, 3.05) is 23.4 Å². The molecule has 3 aromatic rings. The van der Waals surface area contributed by atoms with E-state index in [-0.39, 0.29) is 18.4 Å². The molecular weight excluding hydrogens is 516 g/mol. The van der Waals surface area contributed by atoms with Crippen LogP contribution in [0.1, 0.15) is 18.1 Å². The Labute approximate surface area is 224 Å². The van der Waals surface area contributed by atoms with Crippen LogP contribution < -0.4 is 19.7 Å². The maximum absolute atomic E-state index is 13.1. The molecule has 9 heteroatoms. The Kier molecular flexibility index (Phi) is 8.30. The number of aryl methyl sites for hydroxylation is 1. The van der Waals surface area contributed by atoms with Crippen molar-refractivity contribution < 1.29 is 19.1 Å². The molecule has 0 aliphatic carbocycles. The van der Waals surface area contributed by atoms with E-state index in [4.69, 9.17) is 33.3 Å². The first-order chi connectivity index (χ1) is 17.3. The molecule has 0 radical (unpaired) electrons. The predicted molar refractivity (Wildman–Crippen MR) is 150 cm³/mol. The smallest absolute Gasteiger partial charge is 0.270 e. The van der Waals surface area contributed by atoms with Crippen LogP contribution in [-0.4, -0.2) is 29.3 Å².